The van der Waals surface area contributed by atoms with Gasteiger partial charge in [0.2, 0.25) is 0 Å². The quantitative estimate of drug-likeness (QED) is 0.856. The van der Waals surface area contributed by atoms with Crippen molar-refractivity contribution in [1.82, 2.24) is 20.2 Å². The van der Waals surface area contributed by atoms with Gasteiger partial charge in [0.1, 0.15) is 5.82 Å². The fourth-order valence-electron chi connectivity index (χ4n) is 3.04. The van der Waals surface area contributed by atoms with Crippen LogP contribution in [0.1, 0.15) is 39.2 Å². The van der Waals surface area contributed by atoms with Crippen LogP contribution in [-0.2, 0) is 0 Å². The van der Waals surface area contributed by atoms with Crippen molar-refractivity contribution in [3.63, 3.8) is 0 Å². The lowest BCUT2D eigenvalue weighted by atomic mass is 9.87. The minimum Gasteiger partial charge on any atom is -0.396 e. The lowest BCUT2D eigenvalue weighted by Gasteiger charge is -2.27. The van der Waals surface area contributed by atoms with Crippen molar-refractivity contribution in [1.29, 1.82) is 0 Å². The number of hydrogen-bond donors (Lipinski definition) is 1. The highest BCUT2D eigenvalue weighted by atomic mass is 19.1. The first-order valence-electron chi connectivity index (χ1n) is 6.82. The zero-order chi connectivity index (χ0) is 14.3. The molecule has 0 saturated heterocycles. The number of rotatable bonds is 2. The van der Waals surface area contributed by atoms with E-state index in [1.54, 1.807) is 12.1 Å². The van der Waals surface area contributed by atoms with Gasteiger partial charge in [-0.3, -0.25) is 0 Å². The summed E-state index contributed by atoms with van der Waals surface area (Å²) in [5.41, 5.74) is 6.65. The molecule has 0 radical (unpaired) electrons. The highest BCUT2D eigenvalue weighted by molar-refractivity contribution is 5.61. The largest absolute Gasteiger partial charge is 0.396 e. The number of nitrogens with two attached hydrogens (primary N) is 1. The lowest BCUT2D eigenvalue weighted by molar-refractivity contribution is 0.242. The standard InChI is InChI=1S/C14H18FN5/c1-14(2)7-3-4-12(14)20-13(17-18-19-20)9-5-6-10(15)11(16)8-9/h5-6,8,12H,3-4,7,16H2,1-2H3. The Morgan fingerprint density at radius 1 is 1.40 bits per heavy atom. The van der Waals surface area contributed by atoms with E-state index in [1.807, 2.05) is 4.68 Å². The fourth-order valence-corrected chi connectivity index (χ4v) is 3.04. The van der Waals surface area contributed by atoms with E-state index in [0.29, 0.717) is 5.82 Å². The van der Waals surface area contributed by atoms with Gasteiger partial charge >= 0.3 is 0 Å². The van der Waals surface area contributed by atoms with Crippen LogP contribution >= 0.6 is 0 Å². The molecule has 5 nitrogen and oxygen atoms in total. The zero-order valence-corrected chi connectivity index (χ0v) is 11.7. The molecule has 1 unspecified atom stereocenters. The van der Waals surface area contributed by atoms with Crippen molar-refractivity contribution in [2.24, 2.45) is 5.41 Å². The Kier molecular flexibility index (Phi) is 2.96. The first-order valence-corrected chi connectivity index (χ1v) is 6.82. The van der Waals surface area contributed by atoms with Gasteiger partial charge in [0.25, 0.3) is 0 Å². The second-order valence-corrected chi connectivity index (χ2v) is 6.08. The molecule has 1 saturated carbocycles. The number of anilines is 1. The van der Waals surface area contributed by atoms with Crippen LogP contribution in [0, 0.1) is 11.2 Å². The van der Waals surface area contributed by atoms with Gasteiger partial charge in [0.15, 0.2) is 5.82 Å². The van der Waals surface area contributed by atoms with Crippen LogP contribution in [0.4, 0.5) is 10.1 Å². The molecule has 0 spiro atoms. The number of benzene rings is 1. The molecule has 6 heteroatoms. The molecule has 0 aliphatic heterocycles. The summed E-state index contributed by atoms with van der Waals surface area (Å²) in [6, 6.07) is 4.86. The normalized spacial score (nSPS) is 21.2. The molecule has 0 bridgehead atoms. The molecule has 0 amide bonds. The van der Waals surface area contributed by atoms with Crippen molar-refractivity contribution >= 4 is 5.69 Å². The summed E-state index contributed by atoms with van der Waals surface area (Å²) in [5.74, 6) is 0.227. The zero-order valence-electron chi connectivity index (χ0n) is 11.7. The molecule has 1 aliphatic carbocycles. The van der Waals surface area contributed by atoms with Crippen LogP contribution in [0.15, 0.2) is 18.2 Å². The smallest absolute Gasteiger partial charge is 0.182 e. The van der Waals surface area contributed by atoms with Gasteiger partial charge in [-0.05, 0) is 46.9 Å². The molecule has 1 atom stereocenters. The van der Waals surface area contributed by atoms with Crippen LogP contribution < -0.4 is 5.73 Å². The number of aromatic nitrogens is 4. The van der Waals surface area contributed by atoms with E-state index in [-0.39, 0.29) is 17.1 Å². The van der Waals surface area contributed by atoms with Gasteiger partial charge < -0.3 is 5.73 Å². The summed E-state index contributed by atoms with van der Waals surface area (Å²) < 4.78 is 15.1. The van der Waals surface area contributed by atoms with Crippen molar-refractivity contribution in [3.8, 4) is 11.4 Å². The van der Waals surface area contributed by atoms with Crippen LogP contribution in [0.25, 0.3) is 11.4 Å². The first-order chi connectivity index (χ1) is 9.49. The van der Waals surface area contributed by atoms with E-state index in [0.717, 1.165) is 18.4 Å². The van der Waals surface area contributed by atoms with Gasteiger partial charge in [0, 0.05) is 5.56 Å². The molecule has 1 aromatic heterocycles. The molecule has 1 heterocycles. The summed E-state index contributed by atoms with van der Waals surface area (Å²) in [4.78, 5) is 0. The highest BCUT2D eigenvalue weighted by Gasteiger charge is 2.38. The summed E-state index contributed by atoms with van der Waals surface area (Å²) >= 11 is 0. The topological polar surface area (TPSA) is 69.6 Å². The van der Waals surface area contributed by atoms with Crippen molar-refractivity contribution < 1.29 is 4.39 Å². The summed E-state index contributed by atoms with van der Waals surface area (Å²) in [6.07, 6.45) is 3.38. The average molecular weight is 275 g/mol. The number of tetrazole rings is 1. The number of hydrogen-bond acceptors (Lipinski definition) is 4. The number of nitrogens with zero attached hydrogens (tertiary/aromatic N) is 4. The van der Waals surface area contributed by atoms with Crippen LogP contribution in [-0.4, -0.2) is 20.2 Å². The Morgan fingerprint density at radius 2 is 2.20 bits per heavy atom. The van der Waals surface area contributed by atoms with E-state index in [9.17, 15) is 4.39 Å². The van der Waals surface area contributed by atoms with Crippen LogP contribution in [0.5, 0.6) is 0 Å². The Hall–Kier alpha value is -1.98. The minimum absolute atomic E-state index is 0.114. The van der Waals surface area contributed by atoms with Crippen LogP contribution in [0.3, 0.4) is 0 Å². The average Bonchev–Trinajstić information content (AvgIpc) is 2.98. The van der Waals surface area contributed by atoms with Gasteiger partial charge in [-0.25, -0.2) is 9.07 Å². The fraction of sp³-hybridized carbons (Fsp3) is 0.500. The van der Waals surface area contributed by atoms with Gasteiger partial charge in [-0.15, -0.1) is 5.10 Å². The molecular weight excluding hydrogens is 257 g/mol. The molecule has 106 valence electrons. The predicted octanol–water partition coefficient (Wildman–Crippen LogP) is 2.81. The van der Waals surface area contributed by atoms with Gasteiger partial charge in [-0.1, -0.05) is 20.3 Å². The van der Waals surface area contributed by atoms with E-state index in [2.05, 4.69) is 29.4 Å². The van der Waals surface area contributed by atoms with Crippen molar-refractivity contribution in [3.05, 3.63) is 24.0 Å². The Bertz CT molecular complexity index is 634. The SMILES string of the molecule is CC1(C)CCCC1n1nnnc1-c1ccc(F)c(N)c1. The van der Waals surface area contributed by atoms with Crippen molar-refractivity contribution in [2.75, 3.05) is 5.73 Å². The molecule has 20 heavy (non-hydrogen) atoms. The van der Waals surface area contributed by atoms with Crippen LogP contribution in [0.2, 0.25) is 0 Å². The second-order valence-electron chi connectivity index (χ2n) is 6.08. The molecule has 2 N–H and O–H groups in total. The van der Waals surface area contributed by atoms with E-state index < -0.39 is 5.82 Å². The third-order valence-corrected chi connectivity index (χ3v) is 4.24. The third-order valence-electron chi connectivity index (χ3n) is 4.24. The molecule has 1 aromatic carbocycles. The Balaban J connectivity index is 2.04. The van der Waals surface area contributed by atoms with E-state index in [1.165, 1.54) is 12.5 Å². The Morgan fingerprint density at radius 3 is 2.85 bits per heavy atom. The van der Waals surface area contributed by atoms with E-state index >= 15 is 0 Å². The summed E-state index contributed by atoms with van der Waals surface area (Å²) in [5, 5.41) is 12.0. The molecular formula is C14H18FN5. The maximum atomic E-state index is 13.3. The number of nitrogen functional groups attached to an aromatic ring is 1. The minimum atomic E-state index is -0.422. The molecule has 2 aromatic rings. The summed E-state index contributed by atoms with van der Waals surface area (Å²) in [7, 11) is 0. The maximum absolute atomic E-state index is 13.3. The first kappa shape index (κ1) is 13.0. The molecule has 1 aliphatic rings. The second kappa shape index (κ2) is 4.54. The van der Waals surface area contributed by atoms with Crippen molar-refractivity contribution in [2.45, 2.75) is 39.2 Å². The maximum Gasteiger partial charge on any atom is 0.182 e. The Labute approximate surface area is 117 Å². The number of halogens is 1. The monoisotopic (exact) mass is 275 g/mol. The lowest BCUT2D eigenvalue weighted by Crippen LogP contribution is -2.23. The summed E-state index contributed by atoms with van der Waals surface area (Å²) in [6.45, 7) is 4.46. The molecule has 3 rings (SSSR count). The van der Waals surface area contributed by atoms with E-state index in [4.69, 9.17) is 5.73 Å². The highest BCUT2D eigenvalue weighted by Crippen LogP contribution is 2.46. The third kappa shape index (κ3) is 2.05. The van der Waals surface area contributed by atoms with Gasteiger partial charge in [-0.2, -0.15) is 0 Å². The predicted molar refractivity (Wildman–Crippen MR) is 74.3 cm³/mol. The van der Waals surface area contributed by atoms with Gasteiger partial charge in [0.05, 0.1) is 11.7 Å². The molecule has 1 fully saturated rings.